The number of piperidine rings is 1. The molecule has 0 spiro atoms. The highest BCUT2D eigenvalue weighted by Gasteiger charge is 2.57. The first-order chi connectivity index (χ1) is 15.9. The van der Waals surface area contributed by atoms with Crippen LogP contribution in [0.3, 0.4) is 0 Å². The number of hydrogen-bond acceptors (Lipinski definition) is 5. The number of carbonyl (C=O) groups is 3. The van der Waals surface area contributed by atoms with Crippen LogP contribution in [-0.4, -0.2) is 52.3 Å². The molecular weight excluding hydrogens is 436 g/mol. The highest BCUT2D eigenvalue weighted by atomic mass is 32.1. The Morgan fingerprint density at radius 3 is 2.67 bits per heavy atom. The summed E-state index contributed by atoms with van der Waals surface area (Å²) in [6.45, 7) is 5.79. The van der Waals surface area contributed by atoms with Crippen molar-refractivity contribution in [1.82, 2.24) is 20.1 Å². The molecule has 0 aliphatic carbocycles. The lowest BCUT2D eigenvalue weighted by atomic mass is 9.73. The third kappa shape index (κ3) is 4.81. The van der Waals surface area contributed by atoms with Crippen molar-refractivity contribution in [3.8, 4) is 0 Å². The fourth-order valence-electron chi connectivity index (χ4n) is 4.91. The number of aromatic nitrogens is 1. The van der Waals surface area contributed by atoms with E-state index in [4.69, 9.17) is 0 Å². The molecule has 2 aliphatic rings. The summed E-state index contributed by atoms with van der Waals surface area (Å²) in [5.41, 5.74) is -0.417. The summed E-state index contributed by atoms with van der Waals surface area (Å²) in [4.78, 5) is 48.1. The Balaban J connectivity index is 1.52. The summed E-state index contributed by atoms with van der Waals surface area (Å²) in [6.07, 6.45) is 6.75. The normalized spacial score (nSPS) is 21.7. The van der Waals surface area contributed by atoms with Crippen LogP contribution in [0.15, 0.2) is 42.0 Å². The minimum absolute atomic E-state index is 0.0981. The molecule has 33 heavy (non-hydrogen) atoms. The molecule has 0 unspecified atom stereocenters. The van der Waals surface area contributed by atoms with Gasteiger partial charge in [0, 0.05) is 48.9 Å². The van der Waals surface area contributed by atoms with Gasteiger partial charge < -0.3 is 10.2 Å². The van der Waals surface area contributed by atoms with E-state index in [-0.39, 0.29) is 23.8 Å². The van der Waals surface area contributed by atoms with E-state index in [1.165, 1.54) is 4.90 Å². The van der Waals surface area contributed by atoms with Gasteiger partial charge in [-0.05, 0) is 55.0 Å². The highest BCUT2D eigenvalue weighted by Crippen LogP contribution is 2.41. The molecule has 0 bridgehead atoms. The van der Waals surface area contributed by atoms with E-state index in [2.05, 4.69) is 24.1 Å². The molecule has 2 aromatic heterocycles. The van der Waals surface area contributed by atoms with Gasteiger partial charge in [0.15, 0.2) is 5.54 Å². The van der Waals surface area contributed by atoms with Crippen LogP contribution in [0.25, 0.3) is 0 Å². The zero-order valence-electron chi connectivity index (χ0n) is 19.3. The molecule has 1 N–H and O–H groups in total. The Morgan fingerprint density at radius 2 is 2.03 bits per heavy atom. The maximum atomic E-state index is 13.8. The average molecular weight is 469 g/mol. The van der Waals surface area contributed by atoms with Crippen LogP contribution in [0.4, 0.5) is 4.79 Å². The van der Waals surface area contributed by atoms with Crippen LogP contribution in [0, 0.1) is 11.8 Å². The maximum absolute atomic E-state index is 13.8. The summed E-state index contributed by atoms with van der Waals surface area (Å²) in [6, 6.07) is 7.31. The molecule has 0 aromatic carbocycles. The van der Waals surface area contributed by atoms with E-state index in [1.807, 2.05) is 28.5 Å². The fourth-order valence-corrected chi connectivity index (χ4v) is 5.61. The standard InChI is InChI=1S/C25H32N4O3S/c1-18(2)7-8-22(30)28-13-9-19(10-14-28)25(20-5-3-12-26-17-20)23(31)29(24(32)27-25)15-11-21-6-4-16-33-21/h3-6,12,16-19H,7-11,13-15H2,1-2H3,(H,27,32)/t25-/m0/s1. The predicted molar refractivity (Wildman–Crippen MR) is 128 cm³/mol. The number of likely N-dealkylation sites (tertiary alicyclic amines) is 1. The third-order valence-corrected chi connectivity index (χ3v) is 7.74. The van der Waals surface area contributed by atoms with Crippen molar-refractivity contribution < 1.29 is 14.4 Å². The Kier molecular flexibility index (Phi) is 7.12. The van der Waals surface area contributed by atoms with E-state index in [0.717, 1.165) is 11.3 Å². The molecule has 176 valence electrons. The lowest BCUT2D eigenvalue weighted by Crippen LogP contribution is -2.54. The van der Waals surface area contributed by atoms with E-state index in [1.54, 1.807) is 29.8 Å². The van der Waals surface area contributed by atoms with Gasteiger partial charge in [-0.1, -0.05) is 26.0 Å². The number of hydrogen-bond donors (Lipinski definition) is 1. The lowest BCUT2D eigenvalue weighted by Gasteiger charge is -2.41. The van der Waals surface area contributed by atoms with E-state index >= 15 is 0 Å². The summed E-state index contributed by atoms with van der Waals surface area (Å²) >= 11 is 1.62. The number of nitrogens with zero attached hydrogens (tertiary/aromatic N) is 3. The second-order valence-electron chi connectivity index (χ2n) is 9.35. The van der Waals surface area contributed by atoms with Gasteiger partial charge in [0.05, 0.1) is 0 Å². The van der Waals surface area contributed by atoms with Crippen molar-refractivity contribution >= 4 is 29.2 Å². The number of pyridine rings is 1. The Bertz CT molecular complexity index is 971. The van der Waals surface area contributed by atoms with Crippen molar-refractivity contribution in [2.75, 3.05) is 19.6 Å². The molecule has 2 aliphatic heterocycles. The predicted octanol–water partition coefficient (Wildman–Crippen LogP) is 3.81. The van der Waals surface area contributed by atoms with Gasteiger partial charge in [-0.3, -0.25) is 19.5 Å². The number of urea groups is 1. The molecular formula is C25H32N4O3S. The SMILES string of the molecule is CC(C)CCC(=O)N1CCC([C@@]2(c3cccnc3)NC(=O)N(CCc3cccs3)C2=O)CC1. The zero-order chi connectivity index (χ0) is 23.4. The summed E-state index contributed by atoms with van der Waals surface area (Å²) in [7, 11) is 0. The van der Waals surface area contributed by atoms with Crippen LogP contribution in [0.2, 0.25) is 0 Å². The molecule has 2 saturated heterocycles. The number of nitrogens with one attached hydrogen (secondary N) is 1. The van der Waals surface area contributed by atoms with Crippen molar-refractivity contribution in [2.24, 2.45) is 11.8 Å². The minimum Gasteiger partial charge on any atom is -0.343 e. The summed E-state index contributed by atoms with van der Waals surface area (Å²) in [5, 5.41) is 5.06. The molecule has 1 atom stereocenters. The van der Waals surface area contributed by atoms with Crippen LogP contribution >= 0.6 is 11.3 Å². The number of thiophene rings is 1. The Labute approximate surface area is 199 Å². The number of imide groups is 1. The van der Waals surface area contributed by atoms with Gasteiger partial charge >= 0.3 is 6.03 Å². The summed E-state index contributed by atoms with van der Waals surface area (Å²) < 4.78 is 0. The van der Waals surface area contributed by atoms with Crippen LogP contribution in [0.1, 0.15) is 50.0 Å². The van der Waals surface area contributed by atoms with Gasteiger partial charge in [-0.15, -0.1) is 11.3 Å². The van der Waals surface area contributed by atoms with Crippen molar-refractivity contribution in [3.63, 3.8) is 0 Å². The van der Waals surface area contributed by atoms with E-state index in [0.29, 0.717) is 56.8 Å². The number of carbonyl (C=O) groups excluding carboxylic acids is 3. The molecule has 8 heteroatoms. The summed E-state index contributed by atoms with van der Waals surface area (Å²) in [5.74, 6) is 0.365. The molecule has 0 radical (unpaired) electrons. The third-order valence-electron chi connectivity index (χ3n) is 6.81. The molecule has 4 heterocycles. The van der Waals surface area contributed by atoms with Gasteiger partial charge in [0.25, 0.3) is 5.91 Å². The largest absolute Gasteiger partial charge is 0.343 e. The first kappa shape index (κ1) is 23.4. The zero-order valence-corrected chi connectivity index (χ0v) is 20.1. The van der Waals surface area contributed by atoms with Crippen molar-refractivity contribution in [3.05, 3.63) is 52.5 Å². The minimum atomic E-state index is -1.13. The molecule has 7 nitrogen and oxygen atoms in total. The molecule has 2 aromatic rings. The quantitative estimate of drug-likeness (QED) is 0.598. The lowest BCUT2D eigenvalue weighted by molar-refractivity contribution is -0.136. The number of rotatable bonds is 8. The van der Waals surface area contributed by atoms with Crippen molar-refractivity contribution in [2.45, 2.75) is 51.5 Å². The molecule has 0 saturated carbocycles. The average Bonchev–Trinajstić information content (AvgIpc) is 3.43. The second-order valence-corrected chi connectivity index (χ2v) is 10.4. The highest BCUT2D eigenvalue weighted by molar-refractivity contribution is 7.09. The number of amides is 4. The van der Waals surface area contributed by atoms with E-state index < -0.39 is 5.54 Å². The van der Waals surface area contributed by atoms with Gasteiger partial charge in [-0.25, -0.2) is 4.79 Å². The van der Waals surface area contributed by atoms with Crippen molar-refractivity contribution in [1.29, 1.82) is 0 Å². The molecule has 2 fully saturated rings. The Morgan fingerprint density at radius 1 is 1.24 bits per heavy atom. The van der Waals surface area contributed by atoms with Gasteiger partial charge in [0.1, 0.15) is 0 Å². The maximum Gasteiger partial charge on any atom is 0.325 e. The smallest absolute Gasteiger partial charge is 0.325 e. The van der Waals surface area contributed by atoms with Crippen LogP contribution < -0.4 is 5.32 Å². The molecule has 4 amide bonds. The van der Waals surface area contributed by atoms with E-state index in [9.17, 15) is 14.4 Å². The first-order valence-corrected chi connectivity index (χ1v) is 12.6. The van der Waals surface area contributed by atoms with Crippen LogP contribution in [0.5, 0.6) is 0 Å². The fraction of sp³-hybridized carbons (Fsp3) is 0.520. The molecule has 4 rings (SSSR count). The topological polar surface area (TPSA) is 82.6 Å². The van der Waals surface area contributed by atoms with Gasteiger partial charge in [0.2, 0.25) is 5.91 Å². The first-order valence-electron chi connectivity index (χ1n) is 11.8. The second kappa shape index (κ2) is 10.0. The Hall–Kier alpha value is -2.74. The van der Waals surface area contributed by atoms with Crippen LogP contribution in [-0.2, 0) is 21.5 Å². The monoisotopic (exact) mass is 468 g/mol. The van der Waals surface area contributed by atoms with Gasteiger partial charge in [-0.2, -0.15) is 0 Å².